The van der Waals surface area contributed by atoms with Crippen LogP contribution in [0.1, 0.15) is 0 Å². The van der Waals surface area contributed by atoms with Gasteiger partial charge in [-0.15, -0.1) is 0 Å². The number of ether oxygens (including phenoxy) is 1. The minimum Gasteiger partial charge on any atom is -0.497 e. The highest BCUT2D eigenvalue weighted by Gasteiger charge is 2.28. The zero-order valence-corrected chi connectivity index (χ0v) is 13.9. The van der Waals surface area contributed by atoms with Gasteiger partial charge in [0, 0.05) is 22.2 Å². The summed E-state index contributed by atoms with van der Waals surface area (Å²) < 4.78 is 7.09. The third-order valence-electron chi connectivity index (χ3n) is 3.86. The molecule has 0 N–H and O–H groups in total. The van der Waals surface area contributed by atoms with Crippen LogP contribution >= 0.6 is 11.8 Å². The van der Waals surface area contributed by atoms with E-state index in [0.29, 0.717) is 0 Å². The van der Waals surface area contributed by atoms with Crippen LogP contribution in [0.2, 0.25) is 0 Å². The molecule has 0 unspecified atom stereocenters. The summed E-state index contributed by atoms with van der Waals surface area (Å²) in [5.74, 6) is 0.773. The van der Waals surface area contributed by atoms with Gasteiger partial charge in [0.2, 0.25) is 0 Å². The summed E-state index contributed by atoms with van der Waals surface area (Å²) in [6.45, 7) is 0.241. The first-order valence-corrected chi connectivity index (χ1v) is 8.31. The fraction of sp³-hybridized carbons (Fsp3) is 0.111. The van der Waals surface area contributed by atoms with Crippen LogP contribution in [-0.4, -0.2) is 22.6 Å². The highest BCUT2D eigenvalue weighted by molar-refractivity contribution is 7.99. The number of fused-ring (bicyclic) bond motifs is 2. The average Bonchev–Trinajstić information content (AvgIpc) is 3.11. The minimum atomic E-state index is -0.00725. The smallest absolute Gasteiger partial charge is 0.251 e. The second kappa shape index (κ2) is 6.05. The molecule has 1 aromatic heterocycles. The molecule has 6 heteroatoms. The third-order valence-corrected chi connectivity index (χ3v) is 4.97. The number of carbonyl (C=O) groups is 1. The predicted octanol–water partition coefficient (Wildman–Crippen LogP) is 3.72. The number of methoxy groups -OCH3 is 1. The fourth-order valence-corrected chi connectivity index (χ4v) is 3.83. The molecule has 0 atom stereocenters. The van der Waals surface area contributed by atoms with Crippen LogP contribution in [0, 0.1) is 0 Å². The predicted molar refractivity (Wildman–Crippen MR) is 92.9 cm³/mol. The van der Waals surface area contributed by atoms with Crippen molar-refractivity contribution >= 4 is 29.0 Å². The van der Waals surface area contributed by atoms with Gasteiger partial charge in [0.05, 0.1) is 24.8 Å². The van der Waals surface area contributed by atoms with Gasteiger partial charge in [0.25, 0.3) is 5.91 Å². The van der Waals surface area contributed by atoms with E-state index in [1.807, 2.05) is 42.5 Å². The summed E-state index contributed by atoms with van der Waals surface area (Å²) in [5.41, 5.74) is 1.79. The molecule has 0 spiro atoms. The Bertz CT molecular complexity index is 893. The monoisotopic (exact) mass is 337 g/mol. The number of imidazole rings is 1. The number of benzene rings is 2. The molecule has 2 heterocycles. The van der Waals surface area contributed by atoms with Gasteiger partial charge >= 0.3 is 0 Å². The van der Waals surface area contributed by atoms with Gasteiger partial charge in [0.15, 0.2) is 0 Å². The van der Waals surface area contributed by atoms with Crippen LogP contribution in [0.15, 0.2) is 71.0 Å². The number of carbonyl (C=O) groups excluding carboxylic acids is 1. The first kappa shape index (κ1) is 14.8. The SMILES string of the molecule is COc1ccc2c(c1)Sc1ccccc1N2C(=O)Cn1ccnc1. The number of hydrogen-bond donors (Lipinski definition) is 0. The van der Waals surface area contributed by atoms with Crippen molar-refractivity contribution in [1.29, 1.82) is 0 Å². The molecule has 4 rings (SSSR count). The number of rotatable bonds is 3. The third kappa shape index (κ3) is 2.55. The zero-order valence-electron chi connectivity index (χ0n) is 13.0. The van der Waals surface area contributed by atoms with E-state index < -0.39 is 0 Å². The molecule has 0 fully saturated rings. The number of hydrogen-bond acceptors (Lipinski definition) is 4. The molecule has 1 aliphatic heterocycles. The van der Waals surface area contributed by atoms with Crippen LogP contribution in [-0.2, 0) is 11.3 Å². The van der Waals surface area contributed by atoms with Crippen molar-refractivity contribution in [1.82, 2.24) is 9.55 Å². The van der Waals surface area contributed by atoms with E-state index in [4.69, 9.17) is 4.74 Å². The highest BCUT2D eigenvalue weighted by Crippen LogP contribution is 2.49. The second-order valence-corrected chi connectivity index (χ2v) is 6.45. The Labute approximate surface area is 143 Å². The van der Waals surface area contributed by atoms with Crippen molar-refractivity contribution in [3.05, 3.63) is 61.2 Å². The Morgan fingerprint density at radius 2 is 2.00 bits per heavy atom. The second-order valence-electron chi connectivity index (χ2n) is 5.37. The Kier molecular flexibility index (Phi) is 3.74. The Hall–Kier alpha value is -2.73. The van der Waals surface area contributed by atoms with Crippen LogP contribution in [0.3, 0.4) is 0 Å². The van der Waals surface area contributed by atoms with Crippen LogP contribution in [0.25, 0.3) is 0 Å². The van der Waals surface area contributed by atoms with Crippen LogP contribution in [0.5, 0.6) is 5.75 Å². The molecule has 5 nitrogen and oxygen atoms in total. The van der Waals surface area contributed by atoms with Crippen molar-refractivity contribution in [3.8, 4) is 5.75 Å². The van der Waals surface area contributed by atoms with E-state index in [0.717, 1.165) is 26.9 Å². The lowest BCUT2D eigenvalue weighted by atomic mass is 10.2. The standard InChI is InChI=1S/C18H15N3O2S/c1-23-13-6-7-15-17(10-13)24-16-5-3-2-4-14(16)21(15)18(22)11-20-9-8-19-12-20/h2-10,12H,11H2,1H3. The van der Waals surface area contributed by atoms with Gasteiger partial charge in [-0.3, -0.25) is 9.69 Å². The summed E-state index contributed by atoms with van der Waals surface area (Å²) in [5, 5.41) is 0. The number of anilines is 2. The van der Waals surface area contributed by atoms with Crippen molar-refractivity contribution < 1.29 is 9.53 Å². The summed E-state index contributed by atoms with van der Waals surface area (Å²) >= 11 is 1.65. The maximum absolute atomic E-state index is 13.0. The summed E-state index contributed by atoms with van der Waals surface area (Å²) in [4.78, 5) is 20.8. The van der Waals surface area contributed by atoms with Crippen molar-refractivity contribution in [3.63, 3.8) is 0 Å². The molecule has 1 amide bonds. The normalized spacial score (nSPS) is 12.5. The average molecular weight is 337 g/mol. The lowest BCUT2D eigenvalue weighted by Gasteiger charge is -2.31. The van der Waals surface area contributed by atoms with E-state index in [1.165, 1.54) is 0 Å². The molecule has 1 aliphatic rings. The maximum atomic E-state index is 13.0. The lowest BCUT2D eigenvalue weighted by molar-refractivity contribution is -0.118. The number of aromatic nitrogens is 2. The number of amides is 1. The summed E-state index contributed by atoms with van der Waals surface area (Å²) in [6, 6.07) is 13.7. The molecule has 3 aromatic rings. The number of para-hydroxylation sites is 1. The molecule has 0 aliphatic carbocycles. The molecule has 24 heavy (non-hydrogen) atoms. The van der Waals surface area contributed by atoms with Crippen molar-refractivity contribution in [2.75, 3.05) is 12.0 Å². The van der Waals surface area contributed by atoms with Crippen molar-refractivity contribution in [2.45, 2.75) is 16.3 Å². The largest absolute Gasteiger partial charge is 0.497 e. The lowest BCUT2D eigenvalue weighted by Crippen LogP contribution is -2.31. The fourth-order valence-electron chi connectivity index (χ4n) is 2.74. The Morgan fingerprint density at radius 3 is 2.79 bits per heavy atom. The van der Waals surface area contributed by atoms with Crippen LogP contribution in [0.4, 0.5) is 11.4 Å². The van der Waals surface area contributed by atoms with Gasteiger partial charge < -0.3 is 9.30 Å². The van der Waals surface area contributed by atoms with Crippen molar-refractivity contribution in [2.24, 2.45) is 0 Å². The molecule has 0 saturated carbocycles. The van der Waals surface area contributed by atoms with Crippen LogP contribution < -0.4 is 9.64 Å². The first-order valence-electron chi connectivity index (χ1n) is 7.50. The van der Waals surface area contributed by atoms with Gasteiger partial charge in [-0.05, 0) is 30.3 Å². The van der Waals surface area contributed by atoms with E-state index in [-0.39, 0.29) is 12.5 Å². The quantitative estimate of drug-likeness (QED) is 0.731. The summed E-state index contributed by atoms with van der Waals surface area (Å²) in [6.07, 6.45) is 5.11. The molecular formula is C18H15N3O2S. The number of nitrogens with zero attached hydrogens (tertiary/aromatic N) is 3. The van der Waals surface area contributed by atoms with Gasteiger partial charge in [0.1, 0.15) is 12.3 Å². The van der Waals surface area contributed by atoms with E-state index in [1.54, 1.807) is 47.1 Å². The molecule has 0 bridgehead atoms. The maximum Gasteiger partial charge on any atom is 0.251 e. The van der Waals surface area contributed by atoms with Gasteiger partial charge in [-0.2, -0.15) is 0 Å². The van der Waals surface area contributed by atoms with E-state index in [9.17, 15) is 4.79 Å². The summed E-state index contributed by atoms with van der Waals surface area (Å²) in [7, 11) is 1.64. The zero-order chi connectivity index (χ0) is 16.5. The first-order chi connectivity index (χ1) is 11.8. The Balaban J connectivity index is 1.79. The van der Waals surface area contributed by atoms with Gasteiger partial charge in [-0.1, -0.05) is 23.9 Å². The molecular weight excluding hydrogens is 322 g/mol. The van der Waals surface area contributed by atoms with E-state index in [2.05, 4.69) is 4.98 Å². The molecule has 120 valence electrons. The molecule has 2 aromatic carbocycles. The topological polar surface area (TPSA) is 47.4 Å². The Morgan fingerprint density at radius 1 is 1.17 bits per heavy atom. The molecule has 0 radical (unpaired) electrons. The van der Waals surface area contributed by atoms with E-state index >= 15 is 0 Å². The van der Waals surface area contributed by atoms with Gasteiger partial charge in [-0.25, -0.2) is 4.98 Å². The minimum absolute atomic E-state index is 0.00725. The molecule has 0 saturated heterocycles. The highest BCUT2D eigenvalue weighted by atomic mass is 32.2.